The van der Waals surface area contributed by atoms with Gasteiger partial charge in [-0.2, -0.15) is 0 Å². The lowest BCUT2D eigenvalue weighted by Gasteiger charge is -2.34. The van der Waals surface area contributed by atoms with Gasteiger partial charge in [0.05, 0.1) is 0 Å². The topological polar surface area (TPSA) is 64.7 Å². The molecule has 1 heterocycles. The molecule has 6 nitrogen and oxygen atoms in total. The SMILES string of the molecule is CN1CCN(c2ccc(CCCNC(=O)C(=O)NCCC3=CCCCC3)cc2)CC1. The predicted molar refractivity (Wildman–Crippen MR) is 122 cm³/mol. The highest BCUT2D eigenvalue weighted by Crippen LogP contribution is 2.19. The maximum Gasteiger partial charge on any atom is 0.309 e. The summed E-state index contributed by atoms with van der Waals surface area (Å²) in [4.78, 5) is 28.6. The molecule has 0 saturated carbocycles. The molecule has 1 aromatic carbocycles. The van der Waals surface area contributed by atoms with Gasteiger partial charge in [-0.3, -0.25) is 9.59 Å². The summed E-state index contributed by atoms with van der Waals surface area (Å²) in [6, 6.07) is 8.72. The number of likely N-dealkylation sites (N-methyl/N-ethyl adjacent to an activating group) is 1. The Balaban J connectivity index is 1.29. The van der Waals surface area contributed by atoms with Gasteiger partial charge in [0.15, 0.2) is 0 Å². The first-order valence-electron chi connectivity index (χ1n) is 11.4. The predicted octanol–water partition coefficient (Wildman–Crippen LogP) is 2.49. The van der Waals surface area contributed by atoms with Gasteiger partial charge in [0.2, 0.25) is 0 Å². The van der Waals surface area contributed by atoms with Crippen LogP contribution in [0, 0.1) is 0 Å². The molecular formula is C24H36N4O2. The first-order chi connectivity index (χ1) is 14.6. The Bertz CT molecular complexity index is 721. The van der Waals surface area contributed by atoms with Crippen LogP contribution >= 0.6 is 0 Å². The number of hydrogen-bond acceptors (Lipinski definition) is 4. The molecule has 1 fully saturated rings. The van der Waals surface area contributed by atoms with E-state index < -0.39 is 11.8 Å². The van der Waals surface area contributed by atoms with Gasteiger partial charge >= 0.3 is 11.8 Å². The van der Waals surface area contributed by atoms with Crippen molar-refractivity contribution in [3.63, 3.8) is 0 Å². The zero-order chi connectivity index (χ0) is 21.2. The lowest BCUT2D eigenvalue weighted by molar-refractivity contribution is -0.139. The number of carbonyl (C=O) groups is 2. The summed E-state index contributed by atoms with van der Waals surface area (Å²) in [6.45, 7) is 5.40. The second-order valence-electron chi connectivity index (χ2n) is 8.43. The number of amides is 2. The molecule has 0 atom stereocenters. The van der Waals surface area contributed by atoms with Crippen molar-refractivity contribution in [2.45, 2.75) is 44.9 Å². The van der Waals surface area contributed by atoms with Crippen LogP contribution in [0.5, 0.6) is 0 Å². The molecule has 0 bridgehead atoms. The van der Waals surface area contributed by atoms with E-state index in [2.05, 4.69) is 57.8 Å². The molecule has 1 aliphatic carbocycles. The molecule has 1 aliphatic heterocycles. The Kier molecular flexibility index (Phi) is 8.75. The summed E-state index contributed by atoms with van der Waals surface area (Å²) in [5.74, 6) is -1.05. The molecule has 0 spiro atoms. The van der Waals surface area contributed by atoms with Gasteiger partial charge < -0.3 is 20.4 Å². The summed E-state index contributed by atoms with van der Waals surface area (Å²) < 4.78 is 0. The normalized spacial score (nSPS) is 17.4. The van der Waals surface area contributed by atoms with Crippen molar-refractivity contribution in [1.29, 1.82) is 0 Å². The highest BCUT2D eigenvalue weighted by molar-refractivity contribution is 6.35. The average molecular weight is 413 g/mol. The van der Waals surface area contributed by atoms with E-state index >= 15 is 0 Å². The average Bonchev–Trinajstić information content (AvgIpc) is 2.78. The fourth-order valence-electron chi connectivity index (χ4n) is 4.06. The van der Waals surface area contributed by atoms with Crippen molar-refractivity contribution in [1.82, 2.24) is 15.5 Å². The molecule has 0 unspecified atom stereocenters. The van der Waals surface area contributed by atoms with E-state index in [0.29, 0.717) is 13.1 Å². The highest BCUT2D eigenvalue weighted by atomic mass is 16.2. The van der Waals surface area contributed by atoms with Crippen LogP contribution in [-0.2, 0) is 16.0 Å². The van der Waals surface area contributed by atoms with E-state index in [9.17, 15) is 9.59 Å². The van der Waals surface area contributed by atoms with Gasteiger partial charge in [-0.25, -0.2) is 0 Å². The smallest absolute Gasteiger partial charge is 0.309 e. The quantitative estimate of drug-likeness (QED) is 0.391. The number of carbonyl (C=O) groups excluding carboxylic acids is 2. The molecule has 1 saturated heterocycles. The molecule has 2 N–H and O–H groups in total. The van der Waals surface area contributed by atoms with Crippen molar-refractivity contribution in [2.24, 2.45) is 0 Å². The monoisotopic (exact) mass is 412 g/mol. The fraction of sp³-hybridized carbons (Fsp3) is 0.583. The van der Waals surface area contributed by atoms with Crippen molar-refractivity contribution in [2.75, 3.05) is 51.2 Å². The number of allylic oxidation sites excluding steroid dienone is 1. The van der Waals surface area contributed by atoms with Gasteiger partial charge in [0, 0.05) is 45.0 Å². The first kappa shape index (κ1) is 22.3. The van der Waals surface area contributed by atoms with Crippen LogP contribution in [0.25, 0.3) is 0 Å². The van der Waals surface area contributed by atoms with Crippen molar-refractivity contribution < 1.29 is 9.59 Å². The summed E-state index contributed by atoms with van der Waals surface area (Å²) in [7, 11) is 2.16. The standard InChI is InChI=1S/C24H36N4O2/c1-27-16-18-28(19-17-27)22-11-9-21(10-12-22)8-5-14-25-23(29)24(30)26-15-13-20-6-3-2-4-7-20/h6,9-12H,2-5,7-8,13-19H2,1H3,(H,25,29)(H,26,30). The van der Waals surface area contributed by atoms with E-state index in [1.165, 1.54) is 29.7 Å². The van der Waals surface area contributed by atoms with Crippen LogP contribution < -0.4 is 15.5 Å². The van der Waals surface area contributed by atoms with Crippen LogP contribution in [0.4, 0.5) is 5.69 Å². The number of nitrogens with one attached hydrogen (secondary N) is 2. The highest BCUT2D eigenvalue weighted by Gasteiger charge is 2.14. The first-order valence-corrected chi connectivity index (χ1v) is 11.4. The van der Waals surface area contributed by atoms with Crippen LogP contribution in [0.2, 0.25) is 0 Å². The Morgan fingerprint density at radius 3 is 2.27 bits per heavy atom. The number of aryl methyl sites for hydroxylation is 1. The van der Waals surface area contributed by atoms with E-state index in [-0.39, 0.29) is 0 Å². The molecule has 164 valence electrons. The zero-order valence-electron chi connectivity index (χ0n) is 18.3. The Hall–Kier alpha value is -2.34. The molecule has 0 aromatic heterocycles. The molecule has 2 aliphatic rings. The van der Waals surface area contributed by atoms with Crippen molar-refractivity contribution in [3.8, 4) is 0 Å². The minimum atomic E-state index is -0.530. The third-order valence-electron chi connectivity index (χ3n) is 6.06. The van der Waals surface area contributed by atoms with E-state index in [4.69, 9.17) is 0 Å². The van der Waals surface area contributed by atoms with Crippen LogP contribution in [0.3, 0.4) is 0 Å². The maximum atomic E-state index is 11.9. The largest absolute Gasteiger partial charge is 0.369 e. The van der Waals surface area contributed by atoms with Gasteiger partial charge in [-0.05, 0) is 69.7 Å². The summed E-state index contributed by atoms with van der Waals surface area (Å²) in [6.07, 6.45) is 9.59. The number of anilines is 1. The summed E-state index contributed by atoms with van der Waals surface area (Å²) in [5.41, 5.74) is 3.94. The van der Waals surface area contributed by atoms with Gasteiger partial charge in [0.1, 0.15) is 0 Å². The van der Waals surface area contributed by atoms with Gasteiger partial charge in [-0.1, -0.05) is 23.8 Å². The molecule has 2 amide bonds. The minimum Gasteiger partial charge on any atom is -0.369 e. The molecular weight excluding hydrogens is 376 g/mol. The van der Waals surface area contributed by atoms with Crippen LogP contribution in [0.15, 0.2) is 35.9 Å². The number of rotatable bonds is 8. The van der Waals surface area contributed by atoms with E-state index in [0.717, 1.165) is 58.3 Å². The third-order valence-corrected chi connectivity index (χ3v) is 6.06. The third kappa shape index (κ3) is 7.17. The van der Waals surface area contributed by atoms with E-state index in [1.54, 1.807) is 0 Å². The lowest BCUT2D eigenvalue weighted by Crippen LogP contribution is -2.44. The van der Waals surface area contributed by atoms with Crippen LogP contribution in [-0.4, -0.2) is 63.0 Å². The maximum absolute atomic E-state index is 11.9. The molecule has 30 heavy (non-hydrogen) atoms. The Morgan fingerprint density at radius 1 is 0.900 bits per heavy atom. The zero-order valence-corrected chi connectivity index (χ0v) is 18.3. The molecule has 0 radical (unpaired) electrons. The number of nitrogens with zero attached hydrogens (tertiary/aromatic N) is 2. The molecule has 3 rings (SSSR count). The Morgan fingerprint density at radius 2 is 1.60 bits per heavy atom. The number of hydrogen-bond donors (Lipinski definition) is 2. The summed E-state index contributed by atoms with van der Waals surface area (Å²) >= 11 is 0. The Labute approximate surface area is 180 Å². The second kappa shape index (κ2) is 11.7. The van der Waals surface area contributed by atoms with Crippen molar-refractivity contribution >= 4 is 17.5 Å². The molecule has 6 heteroatoms. The van der Waals surface area contributed by atoms with Crippen molar-refractivity contribution in [3.05, 3.63) is 41.5 Å². The lowest BCUT2D eigenvalue weighted by atomic mass is 9.97. The minimum absolute atomic E-state index is 0.512. The van der Waals surface area contributed by atoms with Gasteiger partial charge in [-0.15, -0.1) is 0 Å². The second-order valence-corrected chi connectivity index (χ2v) is 8.43. The van der Waals surface area contributed by atoms with Crippen LogP contribution in [0.1, 0.15) is 44.1 Å². The number of benzene rings is 1. The molecule has 1 aromatic rings. The van der Waals surface area contributed by atoms with Gasteiger partial charge in [0.25, 0.3) is 0 Å². The fourth-order valence-corrected chi connectivity index (χ4v) is 4.06. The van der Waals surface area contributed by atoms with E-state index in [1.807, 2.05) is 0 Å². The number of piperazine rings is 1. The summed E-state index contributed by atoms with van der Waals surface area (Å²) in [5, 5.41) is 5.46.